The summed E-state index contributed by atoms with van der Waals surface area (Å²) in [5.41, 5.74) is 5.96. The van der Waals surface area contributed by atoms with E-state index in [-0.39, 0.29) is 5.75 Å². The van der Waals surface area contributed by atoms with Crippen LogP contribution in [0.4, 0.5) is 0 Å². The number of halogens is 1. The number of phenolic OH excluding ortho intramolecular Hbond substituents is 1. The molecule has 0 bridgehead atoms. The molecule has 15 heavy (non-hydrogen) atoms. The topological polar surface area (TPSA) is 75.7 Å². The number of aliphatic hydroxyl groups excluding tert-OH is 1. The minimum absolute atomic E-state index is 0.00627. The van der Waals surface area contributed by atoms with Crippen LogP contribution >= 0.6 is 15.9 Å². The van der Waals surface area contributed by atoms with Gasteiger partial charge in [0.25, 0.3) is 0 Å². The maximum Gasteiger partial charge on any atom is 0.161 e. The van der Waals surface area contributed by atoms with Gasteiger partial charge in [0.15, 0.2) is 11.5 Å². The fraction of sp³-hybridized carbons (Fsp3) is 0.400. The highest BCUT2D eigenvalue weighted by molar-refractivity contribution is 9.10. The minimum Gasteiger partial charge on any atom is -0.504 e. The van der Waals surface area contributed by atoms with E-state index >= 15 is 0 Å². The van der Waals surface area contributed by atoms with Crippen molar-refractivity contribution in [2.75, 3.05) is 13.7 Å². The van der Waals surface area contributed by atoms with Crippen LogP contribution in [0.1, 0.15) is 18.1 Å². The summed E-state index contributed by atoms with van der Waals surface area (Å²) in [5, 5.41) is 19.3. The smallest absolute Gasteiger partial charge is 0.161 e. The molecule has 1 rings (SSSR count). The van der Waals surface area contributed by atoms with E-state index in [2.05, 4.69) is 15.9 Å². The van der Waals surface area contributed by atoms with Crippen LogP contribution in [0.25, 0.3) is 0 Å². The average Bonchev–Trinajstić information content (AvgIpc) is 2.21. The number of ether oxygens (including phenoxy) is 1. The Morgan fingerprint density at radius 2 is 2.20 bits per heavy atom. The number of methoxy groups -OCH3 is 1. The number of phenols is 1. The number of hydrogen-bond acceptors (Lipinski definition) is 4. The molecule has 0 aliphatic heterocycles. The molecule has 4 nitrogen and oxygen atoms in total. The van der Waals surface area contributed by atoms with E-state index < -0.39 is 6.10 Å². The minimum atomic E-state index is -0.679. The van der Waals surface area contributed by atoms with Crippen LogP contribution in [0.5, 0.6) is 11.5 Å². The van der Waals surface area contributed by atoms with E-state index in [1.807, 2.05) is 0 Å². The molecule has 0 aliphatic rings. The van der Waals surface area contributed by atoms with Crippen molar-refractivity contribution in [2.24, 2.45) is 5.73 Å². The molecule has 0 aromatic heterocycles. The lowest BCUT2D eigenvalue weighted by molar-refractivity contribution is 0.169. The van der Waals surface area contributed by atoms with Crippen LogP contribution in [0, 0.1) is 0 Å². The Hall–Kier alpha value is -0.780. The summed E-state index contributed by atoms with van der Waals surface area (Å²) in [6.45, 7) is 0.389. The molecular formula is C10H14BrNO3. The summed E-state index contributed by atoms with van der Waals surface area (Å²) in [4.78, 5) is 0. The molecule has 1 unspecified atom stereocenters. The third kappa shape index (κ3) is 2.84. The molecule has 84 valence electrons. The summed E-state index contributed by atoms with van der Waals surface area (Å²) < 4.78 is 5.63. The van der Waals surface area contributed by atoms with Crippen molar-refractivity contribution in [3.63, 3.8) is 0 Å². The maximum absolute atomic E-state index is 9.73. The summed E-state index contributed by atoms with van der Waals surface area (Å²) >= 11 is 3.30. The molecule has 4 N–H and O–H groups in total. The van der Waals surface area contributed by atoms with Gasteiger partial charge in [0.1, 0.15) is 0 Å². The van der Waals surface area contributed by atoms with Crippen molar-refractivity contribution in [1.29, 1.82) is 0 Å². The Kier molecular flexibility index (Phi) is 4.38. The largest absolute Gasteiger partial charge is 0.504 e. The van der Waals surface area contributed by atoms with E-state index in [0.717, 1.165) is 0 Å². The number of aliphatic hydroxyl groups is 1. The number of aromatic hydroxyl groups is 1. The van der Waals surface area contributed by atoms with Gasteiger partial charge >= 0.3 is 0 Å². The predicted molar refractivity (Wildman–Crippen MR) is 61.0 cm³/mol. The van der Waals surface area contributed by atoms with Gasteiger partial charge in [-0.15, -0.1) is 0 Å². The van der Waals surface area contributed by atoms with E-state index in [9.17, 15) is 10.2 Å². The third-order valence-electron chi connectivity index (χ3n) is 2.10. The van der Waals surface area contributed by atoms with E-state index in [1.54, 1.807) is 6.07 Å². The van der Waals surface area contributed by atoms with Gasteiger partial charge in [-0.25, -0.2) is 0 Å². The molecule has 5 heteroatoms. The lowest BCUT2D eigenvalue weighted by Crippen LogP contribution is -2.07. The zero-order valence-electron chi connectivity index (χ0n) is 8.40. The van der Waals surface area contributed by atoms with Gasteiger partial charge in [-0.2, -0.15) is 0 Å². The quantitative estimate of drug-likeness (QED) is 0.779. The molecule has 1 aromatic rings. The third-order valence-corrected chi connectivity index (χ3v) is 2.78. The van der Waals surface area contributed by atoms with Crippen molar-refractivity contribution in [1.82, 2.24) is 0 Å². The number of hydrogen-bond donors (Lipinski definition) is 3. The monoisotopic (exact) mass is 275 g/mol. The first-order chi connectivity index (χ1) is 7.10. The van der Waals surface area contributed by atoms with Crippen molar-refractivity contribution >= 4 is 15.9 Å². The van der Waals surface area contributed by atoms with E-state index in [4.69, 9.17) is 10.5 Å². The highest BCUT2D eigenvalue weighted by atomic mass is 79.9. The summed E-state index contributed by atoms with van der Waals surface area (Å²) in [5.74, 6) is 0.373. The van der Waals surface area contributed by atoms with Gasteiger partial charge < -0.3 is 20.7 Å². The highest BCUT2D eigenvalue weighted by Crippen LogP contribution is 2.35. The molecule has 0 saturated carbocycles. The van der Waals surface area contributed by atoms with Gasteiger partial charge in [0, 0.05) is 4.47 Å². The van der Waals surface area contributed by atoms with Gasteiger partial charge in [0.05, 0.1) is 13.2 Å². The first-order valence-corrected chi connectivity index (χ1v) is 5.34. The average molecular weight is 276 g/mol. The Labute approximate surface area is 96.8 Å². The van der Waals surface area contributed by atoms with Crippen LogP contribution in [-0.4, -0.2) is 23.9 Å². The Balaban J connectivity index is 3.04. The molecule has 1 aromatic carbocycles. The number of rotatable bonds is 4. The lowest BCUT2D eigenvalue weighted by Gasteiger charge is -2.13. The molecule has 0 radical (unpaired) electrons. The van der Waals surface area contributed by atoms with Gasteiger partial charge in [-0.05, 0) is 30.7 Å². The zero-order valence-corrected chi connectivity index (χ0v) is 9.99. The van der Waals surface area contributed by atoms with E-state index in [0.29, 0.717) is 28.8 Å². The van der Waals surface area contributed by atoms with Gasteiger partial charge in [0.2, 0.25) is 0 Å². The molecule has 0 aliphatic carbocycles. The van der Waals surface area contributed by atoms with Crippen LogP contribution in [0.2, 0.25) is 0 Å². The zero-order chi connectivity index (χ0) is 11.4. The summed E-state index contributed by atoms with van der Waals surface area (Å²) in [6.07, 6.45) is -0.231. The maximum atomic E-state index is 9.73. The lowest BCUT2D eigenvalue weighted by atomic mass is 10.1. The van der Waals surface area contributed by atoms with Crippen LogP contribution in [-0.2, 0) is 0 Å². The molecular weight excluding hydrogens is 262 g/mol. The summed E-state index contributed by atoms with van der Waals surface area (Å²) in [6, 6.07) is 3.09. The molecule has 0 saturated heterocycles. The summed E-state index contributed by atoms with van der Waals surface area (Å²) in [7, 11) is 1.47. The van der Waals surface area contributed by atoms with Crippen molar-refractivity contribution in [2.45, 2.75) is 12.5 Å². The molecule has 1 atom stereocenters. The van der Waals surface area contributed by atoms with Crippen LogP contribution < -0.4 is 10.5 Å². The van der Waals surface area contributed by atoms with Crippen molar-refractivity contribution in [3.8, 4) is 11.5 Å². The van der Waals surface area contributed by atoms with Crippen molar-refractivity contribution in [3.05, 3.63) is 22.2 Å². The standard InChI is InChI=1S/C10H14BrNO3/c1-15-10-5-7(11)6(4-9(10)14)8(13)2-3-12/h4-5,8,13-14H,2-3,12H2,1H3. The fourth-order valence-corrected chi connectivity index (χ4v) is 1.88. The SMILES string of the molecule is COc1cc(Br)c(C(O)CCN)cc1O. The predicted octanol–water partition coefficient (Wildman–Crippen LogP) is 1.55. The Morgan fingerprint density at radius 3 is 2.73 bits per heavy atom. The van der Waals surface area contributed by atoms with E-state index in [1.165, 1.54) is 13.2 Å². The second-order valence-corrected chi connectivity index (χ2v) is 3.99. The first kappa shape index (κ1) is 12.3. The van der Waals surface area contributed by atoms with Crippen molar-refractivity contribution < 1.29 is 14.9 Å². The first-order valence-electron chi connectivity index (χ1n) is 4.54. The normalized spacial score (nSPS) is 12.5. The fourth-order valence-electron chi connectivity index (χ4n) is 1.29. The molecule has 0 heterocycles. The Morgan fingerprint density at radius 1 is 1.53 bits per heavy atom. The number of benzene rings is 1. The second kappa shape index (κ2) is 5.34. The van der Waals surface area contributed by atoms with Crippen LogP contribution in [0.15, 0.2) is 16.6 Å². The molecule has 0 spiro atoms. The number of nitrogens with two attached hydrogens (primary N) is 1. The van der Waals surface area contributed by atoms with Crippen LogP contribution in [0.3, 0.4) is 0 Å². The molecule has 0 amide bonds. The van der Waals surface area contributed by atoms with Gasteiger partial charge in [-0.1, -0.05) is 15.9 Å². The molecule has 0 fully saturated rings. The highest BCUT2D eigenvalue weighted by Gasteiger charge is 2.14. The Bertz CT molecular complexity index is 344. The van der Waals surface area contributed by atoms with Gasteiger partial charge in [-0.3, -0.25) is 0 Å². The second-order valence-electron chi connectivity index (χ2n) is 3.14.